The van der Waals surface area contributed by atoms with Crippen LogP contribution in [0, 0.1) is 5.41 Å². The molecular formula is C19H25N3OS. The van der Waals surface area contributed by atoms with E-state index in [2.05, 4.69) is 38.4 Å². The first kappa shape index (κ1) is 16.1. The maximum atomic E-state index is 6.04. The number of piperidine rings is 1. The minimum Gasteiger partial charge on any atom is -0.379 e. The second-order valence-corrected chi connectivity index (χ2v) is 8.11. The molecule has 2 aliphatic rings. The molecule has 4 rings (SSSR count). The van der Waals surface area contributed by atoms with Gasteiger partial charge in [0.1, 0.15) is 0 Å². The van der Waals surface area contributed by atoms with Crippen molar-refractivity contribution in [1.29, 1.82) is 0 Å². The Morgan fingerprint density at radius 3 is 3.04 bits per heavy atom. The van der Waals surface area contributed by atoms with Crippen molar-refractivity contribution >= 4 is 17.0 Å². The molecule has 2 saturated heterocycles. The van der Waals surface area contributed by atoms with E-state index in [1.54, 1.807) is 0 Å². The van der Waals surface area contributed by atoms with Crippen LogP contribution in [0.2, 0.25) is 0 Å². The molecule has 2 fully saturated rings. The number of hydrogen-bond donors (Lipinski definition) is 0. The number of pyridine rings is 1. The SMILES string of the molecule is c1cncc(N2CCOC[C@]3(CCCN(Cc4cccs4)C3)C2)c1. The minimum atomic E-state index is 0.238. The smallest absolute Gasteiger partial charge is 0.0641 e. The van der Waals surface area contributed by atoms with Gasteiger partial charge in [0.2, 0.25) is 0 Å². The van der Waals surface area contributed by atoms with E-state index >= 15 is 0 Å². The first-order valence-electron chi connectivity index (χ1n) is 8.81. The van der Waals surface area contributed by atoms with Gasteiger partial charge in [-0.1, -0.05) is 6.07 Å². The van der Waals surface area contributed by atoms with Crippen LogP contribution in [0.25, 0.3) is 0 Å². The minimum absolute atomic E-state index is 0.238. The van der Waals surface area contributed by atoms with Crippen molar-refractivity contribution < 1.29 is 4.74 Å². The van der Waals surface area contributed by atoms with Gasteiger partial charge in [-0.05, 0) is 43.0 Å². The average molecular weight is 343 g/mol. The van der Waals surface area contributed by atoms with Gasteiger partial charge in [0, 0.05) is 42.7 Å². The van der Waals surface area contributed by atoms with Crippen LogP contribution >= 0.6 is 11.3 Å². The third kappa shape index (κ3) is 3.63. The Hall–Kier alpha value is -1.43. The molecule has 2 aromatic rings. The number of ether oxygens (including phenoxy) is 1. The molecule has 0 N–H and O–H groups in total. The second-order valence-electron chi connectivity index (χ2n) is 7.08. The Kier molecular flexibility index (Phi) is 4.83. The van der Waals surface area contributed by atoms with Gasteiger partial charge in [0.25, 0.3) is 0 Å². The van der Waals surface area contributed by atoms with E-state index in [1.165, 1.54) is 30.0 Å². The Balaban J connectivity index is 1.49. The topological polar surface area (TPSA) is 28.6 Å². The fourth-order valence-electron chi connectivity index (χ4n) is 4.07. The number of thiophene rings is 1. The summed E-state index contributed by atoms with van der Waals surface area (Å²) in [5.41, 5.74) is 1.46. The van der Waals surface area contributed by atoms with Crippen molar-refractivity contribution in [3.05, 3.63) is 46.9 Å². The van der Waals surface area contributed by atoms with E-state index in [9.17, 15) is 0 Å². The highest BCUT2D eigenvalue weighted by Crippen LogP contribution is 2.35. The third-order valence-corrected chi connectivity index (χ3v) is 6.01. The highest BCUT2D eigenvalue weighted by molar-refractivity contribution is 7.09. The van der Waals surface area contributed by atoms with Gasteiger partial charge in [0.05, 0.1) is 25.1 Å². The average Bonchev–Trinajstić information content (AvgIpc) is 3.03. The summed E-state index contributed by atoms with van der Waals surface area (Å²) in [5.74, 6) is 0. The summed E-state index contributed by atoms with van der Waals surface area (Å²) >= 11 is 1.86. The highest BCUT2D eigenvalue weighted by atomic mass is 32.1. The molecule has 2 aromatic heterocycles. The number of hydrogen-bond acceptors (Lipinski definition) is 5. The molecule has 1 spiro atoms. The van der Waals surface area contributed by atoms with Gasteiger partial charge >= 0.3 is 0 Å². The lowest BCUT2D eigenvalue weighted by Gasteiger charge is -2.44. The van der Waals surface area contributed by atoms with Crippen LogP contribution in [0.1, 0.15) is 17.7 Å². The number of likely N-dealkylation sites (tertiary alicyclic amines) is 1. The molecule has 0 radical (unpaired) electrons. The number of anilines is 1. The van der Waals surface area contributed by atoms with E-state index in [0.717, 1.165) is 39.4 Å². The second kappa shape index (κ2) is 7.21. The zero-order chi connectivity index (χ0) is 16.2. The third-order valence-electron chi connectivity index (χ3n) is 5.15. The Bertz CT molecular complexity index is 633. The van der Waals surface area contributed by atoms with Gasteiger partial charge in [-0.15, -0.1) is 11.3 Å². The van der Waals surface area contributed by atoms with Crippen LogP contribution in [-0.4, -0.2) is 49.3 Å². The van der Waals surface area contributed by atoms with Gasteiger partial charge in [-0.25, -0.2) is 0 Å². The predicted octanol–water partition coefficient (Wildman–Crippen LogP) is 3.26. The Morgan fingerprint density at radius 2 is 2.21 bits per heavy atom. The first-order chi connectivity index (χ1) is 11.8. The lowest BCUT2D eigenvalue weighted by atomic mass is 9.80. The summed E-state index contributed by atoms with van der Waals surface area (Å²) in [6, 6.07) is 8.59. The molecule has 0 unspecified atom stereocenters. The Morgan fingerprint density at radius 1 is 1.21 bits per heavy atom. The summed E-state index contributed by atoms with van der Waals surface area (Å²) in [6.07, 6.45) is 6.34. The number of nitrogens with zero attached hydrogens (tertiary/aromatic N) is 3. The molecule has 5 heteroatoms. The number of aromatic nitrogens is 1. The van der Waals surface area contributed by atoms with Gasteiger partial charge in [0.15, 0.2) is 0 Å². The largest absolute Gasteiger partial charge is 0.379 e. The lowest BCUT2D eigenvalue weighted by Crippen LogP contribution is -2.50. The molecule has 128 valence electrons. The molecule has 1 atom stereocenters. The van der Waals surface area contributed by atoms with Crippen LogP contribution in [-0.2, 0) is 11.3 Å². The van der Waals surface area contributed by atoms with Crippen molar-refractivity contribution in [2.75, 3.05) is 44.3 Å². The standard InChI is InChI=1S/C19H25N3OS/c1-4-17(12-20-7-1)22-9-10-23-16-19(15-22)6-3-8-21(14-19)13-18-5-2-11-24-18/h1-2,4-5,7,11-12H,3,6,8-10,13-16H2/t19-/m0/s1. The molecule has 0 amide bonds. The van der Waals surface area contributed by atoms with Crippen molar-refractivity contribution in [3.8, 4) is 0 Å². The van der Waals surface area contributed by atoms with Crippen LogP contribution in [0.15, 0.2) is 42.0 Å². The van der Waals surface area contributed by atoms with Gasteiger partial charge < -0.3 is 9.64 Å². The van der Waals surface area contributed by atoms with Gasteiger partial charge in [-0.2, -0.15) is 0 Å². The van der Waals surface area contributed by atoms with Crippen LogP contribution in [0.3, 0.4) is 0 Å². The molecule has 0 aromatic carbocycles. The predicted molar refractivity (Wildman–Crippen MR) is 98.5 cm³/mol. The quantitative estimate of drug-likeness (QED) is 0.855. The van der Waals surface area contributed by atoms with Crippen molar-refractivity contribution in [3.63, 3.8) is 0 Å². The Labute approximate surface area is 148 Å². The van der Waals surface area contributed by atoms with E-state index < -0.39 is 0 Å². The molecule has 2 aliphatic heterocycles. The molecular weight excluding hydrogens is 318 g/mol. The molecule has 24 heavy (non-hydrogen) atoms. The molecule has 0 aliphatic carbocycles. The summed E-state index contributed by atoms with van der Waals surface area (Å²) in [4.78, 5) is 10.8. The maximum absolute atomic E-state index is 6.04. The monoisotopic (exact) mass is 343 g/mol. The van der Waals surface area contributed by atoms with Crippen molar-refractivity contribution in [2.45, 2.75) is 19.4 Å². The van der Waals surface area contributed by atoms with E-state index in [4.69, 9.17) is 4.74 Å². The molecule has 4 heterocycles. The van der Waals surface area contributed by atoms with Crippen molar-refractivity contribution in [1.82, 2.24) is 9.88 Å². The van der Waals surface area contributed by atoms with Crippen molar-refractivity contribution in [2.24, 2.45) is 5.41 Å². The summed E-state index contributed by atoms with van der Waals surface area (Å²) in [6.45, 7) is 7.12. The molecule has 0 saturated carbocycles. The zero-order valence-electron chi connectivity index (χ0n) is 14.1. The fraction of sp³-hybridized carbons (Fsp3) is 0.526. The molecule has 4 nitrogen and oxygen atoms in total. The van der Waals surface area contributed by atoms with E-state index in [1.807, 2.05) is 29.8 Å². The van der Waals surface area contributed by atoms with Crippen LogP contribution in [0.4, 0.5) is 5.69 Å². The van der Waals surface area contributed by atoms with Crippen LogP contribution in [0.5, 0.6) is 0 Å². The highest BCUT2D eigenvalue weighted by Gasteiger charge is 2.39. The maximum Gasteiger partial charge on any atom is 0.0641 e. The summed E-state index contributed by atoms with van der Waals surface area (Å²) in [5, 5.41) is 2.17. The normalized spacial score (nSPS) is 25.8. The summed E-state index contributed by atoms with van der Waals surface area (Å²) < 4.78 is 6.04. The van der Waals surface area contributed by atoms with Crippen LogP contribution < -0.4 is 4.90 Å². The van der Waals surface area contributed by atoms with E-state index in [-0.39, 0.29) is 5.41 Å². The van der Waals surface area contributed by atoms with Gasteiger partial charge in [-0.3, -0.25) is 9.88 Å². The lowest BCUT2D eigenvalue weighted by molar-refractivity contribution is 0.0110. The summed E-state index contributed by atoms with van der Waals surface area (Å²) in [7, 11) is 0. The van der Waals surface area contributed by atoms with E-state index in [0.29, 0.717) is 0 Å². The fourth-order valence-corrected chi connectivity index (χ4v) is 4.82. The zero-order valence-corrected chi connectivity index (χ0v) is 14.9. The molecule has 0 bridgehead atoms. The number of rotatable bonds is 3. The first-order valence-corrected chi connectivity index (χ1v) is 9.69.